The van der Waals surface area contributed by atoms with Gasteiger partial charge in [0.25, 0.3) is 5.56 Å². The number of anilines is 1. The highest BCUT2D eigenvalue weighted by Gasteiger charge is 2.62. The summed E-state index contributed by atoms with van der Waals surface area (Å²) < 4.78 is 7.50. The van der Waals surface area contributed by atoms with Crippen LogP contribution in [-0.2, 0) is 16.1 Å². The zero-order chi connectivity index (χ0) is 19.1. The molecule has 26 heavy (non-hydrogen) atoms. The Morgan fingerprint density at radius 2 is 2.27 bits per heavy atom. The van der Waals surface area contributed by atoms with Gasteiger partial charge >= 0.3 is 5.97 Å². The fourth-order valence-corrected chi connectivity index (χ4v) is 5.35. The zero-order valence-electron chi connectivity index (χ0n) is 15.7. The van der Waals surface area contributed by atoms with Gasteiger partial charge < -0.3 is 15.0 Å². The number of nitrogens with zero attached hydrogens (tertiary/aromatic N) is 2. The second kappa shape index (κ2) is 6.76. The highest BCUT2D eigenvalue weighted by atomic mass is 32.2. The number of allylic oxidation sites excluding steroid dienone is 1. The van der Waals surface area contributed by atoms with Crippen LogP contribution in [0.15, 0.2) is 28.7 Å². The number of esters is 1. The average molecular weight is 378 g/mol. The number of aromatic nitrogens is 2. The molecule has 0 saturated heterocycles. The molecule has 2 N–H and O–H groups in total. The molecule has 2 aliphatic rings. The Kier molecular flexibility index (Phi) is 4.94. The van der Waals surface area contributed by atoms with E-state index < -0.39 is 5.56 Å². The Bertz CT molecular complexity index is 789. The number of ether oxygens (including phenoxy) is 1. The lowest BCUT2D eigenvalue weighted by molar-refractivity contribution is -0.153. The van der Waals surface area contributed by atoms with Crippen molar-refractivity contribution in [1.29, 1.82) is 0 Å². The van der Waals surface area contributed by atoms with Gasteiger partial charge in [0.15, 0.2) is 5.16 Å². The van der Waals surface area contributed by atoms with Gasteiger partial charge in [0.2, 0.25) is 0 Å². The van der Waals surface area contributed by atoms with Crippen LogP contribution in [0.25, 0.3) is 0 Å². The number of nitrogen functional groups attached to an aromatic ring is 1. The van der Waals surface area contributed by atoms with Crippen molar-refractivity contribution in [1.82, 2.24) is 9.55 Å². The van der Waals surface area contributed by atoms with E-state index in [-0.39, 0.29) is 28.7 Å². The van der Waals surface area contributed by atoms with Crippen LogP contribution in [0.3, 0.4) is 0 Å². The highest BCUT2D eigenvalue weighted by molar-refractivity contribution is 7.99. The van der Waals surface area contributed by atoms with Crippen LogP contribution in [0.4, 0.5) is 5.82 Å². The fraction of sp³-hybridized carbons (Fsp3) is 0.632. The second-order valence-electron chi connectivity index (χ2n) is 8.08. The van der Waals surface area contributed by atoms with Crippen LogP contribution in [0.1, 0.15) is 40.0 Å². The summed E-state index contributed by atoms with van der Waals surface area (Å²) in [5.74, 6) is 0.755. The Hall–Kier alpha value is -1.76. The minimum absolute atomic E-state index is 0.0338. The first kappa shape index (κ1) is 19.0. The smallest absolute Gasteiger partial charge is 0.316 e. The van der Waals surface area contributed by atoms with Crippen molar-refractivity contribution >= 4 is 23.5 Å². The van der Waals surface area contributed by atoms with Crippen molar-refractivity contribution in [3.63, 3.8) is 0 Å². The van der Waals surface area contributed by atoms with Gasteiger partial charge in [0.05, 0.1) is 5.75 Å². The summed E-state index contributed by atoms with van der Waals surface area (Å²) in [6.07, 6.45) is 4.90. The van der Waals surface area contributed by atoms with E-state index >= 15 is 0 Å². The first-order valence-corrected chi connectivity index (χ1v) is 9.98. The Morgan fingerprint density at radius 1 is 1.54 bits per heavy atom. The summed E-state index contributed by atoms with van der Waals surface area (Å²) >= 11 is 1.18. The molecule has 0 amide bonds. The molecule has 2 fully saturated rings. The summed E-state index contributed by atoms with van der Waals surface area (Å²) in [7, 11) is 0. The summed E-state index contributed by atoms with van der Waals surface area (Å²) in [6, 6.07) is 1.27. The molecule has 142 valence electrons. The third-order valence-electron chi connectivity index (χ3n) is 6.64. The number of rotatable bonds is 6. The van der Waals surface area contributed by atoms with Gasteiger partial charge in [-0.3, -0.25) is 9.59 Å². The Labute approximate surface area is 158 Å². The maximum Gasteiger partial charge on any atom is 0.316 e. The molecule has 2 saturated carbocycles. The Balaban J connectivity index is 1.66. The molecule has 1 aromatic rings. The summed E-state index contributed by atoms with van der Waals surface area (Å²) in [5, 5.41) is 0.409. The highest BCUT2D eigenvalue weighted by Crippen LogP contribution is 2.66. The minimum Gasteiger partial charge on any atom is -0.461 e. The molecule has 1 heterocycles. The van der Waals surface area contributed by atoms with Crippen LogP contribution in [-0.4, -0.2) is 27.4 Å². The zero-order valence-corrected chi connectivity index (χ0v) is 16.5. The number of fused-ring (bicyclic) bond motifs is 2. The van der Waals surface area contributed by atoms with E-state index in [0.717, 1.165) is 12.8 Å². The van der Waals surface area contributed by atoms with Crippen molar-refractivity contribution in [2.75, 3.05) is 11.5 Å². The molecule has 6 nitrogen and oxygen atoms in total. The number of thioether (sulfide) groups is 1. The molecule has 0 aromatic carbocycles. The van der Waals surface area contributed by atoms with E-state index in [1.807, 2.05) is 0 Å². The van der Waals surface area contributed by atoms with Gasteiger partial charge in [0, 0.05) is 18.0 Å². The number of hydrogen-bond acceptors (Lipinski definition) is 6. The maximum atomic E-state index is 12.4. The molecule has 0 spiro atoms. The normalized spacial score (nSPS) is 28.9. The lowest BCUT2D eigenvalue weighted by Gasteiger charge is -2.38. The molecule has 3 rings (SSSR count). The van der Waals surface area contributed by atoms with Crippen LogP contribution >= 0.6 is 11.8 Å². The average Bonchev–Trinajstić information content (AvgIpc) is 2.89. The third kappa shape index (κ3) is 3.06. The summed E-state index contributed by atoms with van der Waals surface area (Å²) in [4.78, 5) is 28.0. The van der Waals surface area contributed by atoms with Crippen molar-refractivity contribution in [3.05, 3.63) is 29.1 Å². The van der Waals surface area contributed by atoms with E-state index in [2.05, 4.69) is 32.3 Å². The van der Waals surface area contributed by atoms with Crippen LogP contribution in [0.5, 0.6) is 0 Å². The Morgan fingerprint density at radius 3 is 2.85 bits per heavy atom. The van der Waals surface area contributed by atoms with Crippen molar-refractivity contribution < 1.29 is 9.53 Å². The van der Waals surface area contributed by atoms with Gasteiger partial charge in [-0.05, 0) is 30.6 Å². The fourth-order valence-electron chi connectivity index (χ4n) is 4.55. The number of carbonyl (C=O) groups excluding carboxylic acids is 1. The third-order valence-corrected chi connectivity index (χ3v) is 7.59. The number of carbonyl (C=O) groups is 1. The van der Waals surface area contributed by atoms with Crippen molar-refractivity contribution in [2.45, 2.75) is 57.8 Å². The molecule has 3 atom stereocenters. The predicted octanol–water partition coefficient (Wildman–Crippen LogP) is 2.86. The van der Waals surface area contributed by atoms with E-state index in [0.29, 0.717) is 23.4 Å². The number of nitrogens with two attached hydrogens (primary N) is 1. The quantitative estimate of drug-likeness (QED) is 0.355. The molecular formula is C19H27N3O3S. The van der Waals surface area contributed by atoms with Crippen LogP contribution in [0.2, 0.25) is 0 Å². The van der Waals surface area contributed by atoms with Crippen LogP contribution < -0.4 is 11.3 Å². The SMILES string of the molecule is C=CCn1c(N)cc(=O)nc1SCC(=O)O[C@H]1C[C@H]2CC[C@@]1(C)C2(C)C. The molecule has 0 unspecified atom stereocenters. The standard InChI is InChI=1S/C19H27N3O3S/c1-5-8-22-14(20)10-15(23)21-17(22)26-11-16(24)25-13-9-12-6-7-19(13,4)18(12,2)3/h5,10,12-13H,1,6-9,11,20H2,2-4H3/t12-,13+,19-/m1/s1. The van der Waals surface area contributed by atoms with Gasteiger partial charge in [-0.25, -0.2) is 0 Å². The van der Waals surface area contributed by atoms with E-state index in [4.69, 9.17) is 10.5 Å². The molecule has 7 heteroatoms. The summed E-state index contributed by atoms with van der Waals surface area (Å²) in [6.45, 7) is 10.9. The van der Waals surface area contributed by atoms with Gasteiger partial charge in [-0.1, -0.05) is 38.6 Å². The van der Waals surface area contributed by atoms with Crippen molar-refractivity contribution in [2.24, 2.45) is 16.7 Å². The summed E-state index contributed by atoms with van der Waals surface area (Å²) in [5.41, 5.74) is 5.70. The lowest BCUT2D eigenvalue weighted by Crippen LogP contribution is -2.38. The van der Waals surface area contributed by atoms with Gasteiger partial charge in [-0.15, -0.1) is 6.58 Å². The van der Waals surface area contributed by atoms with E-state index in [1.165, 1.54) is 24.2 Å². The van der Waals surface area contributed by atoms with Crippen molar-refractivity contribution in [3.8, 4) is 0 Å². The predicted molar refractivity (Wildman–Crippen MR) is 103 cm³/mol. The van der Waals surface area contributed by atoms with E-state index in [1.54, 1.807) is 10.6 Å². The first-order chi connectivity index (χ1) is 12.2. The minimum atomic E-state index is -0.416. The molecule has 2 bridgehead atoms. The molecular weight excluding hydrogens is 350 g/mol. The maximum absolute atomic E-state index is 12.4. The molecule has 0 aliphatic heterocycles. The molecule has 0 radical (unpaired) electrons. The monoisotopic (exact) mass is 377 g/mol. The first-order valence-electron chi connectivity index (χ1n) is 8.99. The lowest BCUT2D eigenvalue weighted by atomic mass is 9.70. The number of hydrogen-bond donors (Lipinski definition) is 1. The molecule has 2 aliphatic carbocycles. The van der Waals surface area contributed by atoms with E-state index in [9.17, 15) is 9.59 Å². The van der Waals surface area contributed by atoms with Gasteiger partial charge in [0.1, 0.15) is 11.9 Å². The topological polar surface area (TPSA) is 87.2 Å². The molecule has 1 aromatic heterocycles. The van der Waals surface area contributed by atoms with Crippen LogP contribution in [0, 0.1) is 16.7 Å². The largest absolute Gasteiger partial charge is 0.461 e. The second-order valence-corrected chi connectivity index (χ2v) is 9.02. The van der Waals surface area contributed by atoms with Gasteiger partial charge in [-0.2, -0.15) is 4.98 Å².